The minimum atomic E-state index is -0.567. The van der Waals surface area contributed by atoms with Crippen LogP contribution in [0.2, 0.25) is 0 Å². The number of carbonyl (C=O) groups is 1. The van der Waals surface area contributed by atoms with Crippen LogP contribution in [0.5, 0.6) is 0 Å². The molecule has 9 heavy (non-hydrogen) atoms. The molecular formula is C4H5N2O3. The maximum absolute atomic E-state index is 10.5. The Morgan fingerprint density at radius 3 is 3.11 bits per heavy atom. The topological polar surface area (TPSA) is 67.4 Å². The maximum atomic E-state index is 10.5. The van der Waals surface area contributed by atoms with Gasteiger partial charge in [0.2, 0.25) is 0 Å². The maximum Gasteiger partial charge on any atom is 0.310 e. The molecule has 1 atom stereocenters. The molecule has 1 saturated heterocycles. The van der Waals surface area contributed by atoms with Gasteiger partial charge >= 0.3 is 6.41 Å². The van der Waals surface area contributed by atoms with Crippen molar-refractivity contribution in [3.8, 4) is 0 Å². The van der Waals surface area contributed by atoms with E-state index < -0.39 is 6.04 Å². The molecule has 1 unspecified atom stereocenters. The van der Waals surface area contributed by atoms with Gasteiger partial charge < -0.3 is 5.32 Å². The lowest BCUT2D eigenvalue weighted by molar-refractivity contribution is -0.124. The lowest BCUT2D eigenvalue weighted by Gasteiger charge is -1.97. The summed E-state index contributed by atoms with van der Waals surface area (Å²) in [6.45, 7) is 0.175. The Balaban J connectivity index is 2.39. The molecule has 1 aliphatic heterocycles. The van der Waals surface area contributed by atoms with Crippen molar-refractivity contribution >= 4 is 12.3 Å². The fraction of sp³-hybridized carbons (Fsp3) is 0.500. The highest BCUT2D eigenvalue weighted by atomic mass is 16.7. The van der Waals surface area contributed by atoms with Gasteiger partial charge in [0, 0.05) is 0 Å². The van der Waals surface area contributed by atoms with E-state index >= 15 is 0 Å². The van der Waals surface area contributed by atoms with Gasteiger partial charge in [0.15, 0.2) is 0 Å². The number of carbonyl (C=O) groups excluding carboxylic acids is 2. The third kappa shape index (κ3) is 1.17. The summed E-state index contributed by atoms with van der Waals surface area (Å²) in [5, 5.41) is 2.15. The standard InChI is InChI=1S/C4H5N2O3/c7-2-5-3-1-9-6-4(3)8/h3H,1H2,(H,5,7)(H,6,8). The summed E-state index contributed by atoms with van der Waals surface area (Å²) in [6, 6.07) is -0.567. The highest BCUT2D eigenvalue weighted by Crippen LogP contribution is 1.91. The van der Waals surface area contributed by atoms with Crippen molar-refractivity contribution in [1.82, 2.24) is 10.8 Å². The summed E-state index contributed by atoms with van der Waals surface area (Å²) >= 11 is 0. The van der Waals surface area contributed by atoms with E-state index in [2.05, 4.69) is 15.6 Å². The van der Waals surface area contributed by atoms with Crippen LogP contribution >= 0.6 is 0 Å². The van der Waals surface area contributed by atoms with Gasteiger partial charge in [0.05, 0.1) is 0 Å². The van der Waals surface area contributed by atoms with E-state index in [9.17, 15) is 9.59 Å². The summed E-state index contributed by atoms with van der Waals surface area (Å²) in [6.07, 6.45) is 1.40. The quantitative estimate of drug-likeness (QED) is 0.427. The number of hydrogen-bond acceptors (Lipinski definition) is 3. The van der Waals surface area contributed by atoms with E-state index in [1.807, 2.05) is 0 Å². The average molecular weight is 129 g/mol. The molecule has 1 radical (unpaired) electrons. The molecule has 1 heterocycles. The van der Waals surface area contributed by atoms with Crippen LogP contribution < -0.4 is 10.8 Å². The molecule has 0 aromatic heterocycles. The van der Waals surface area contributed by atoms with Crippen LogP contribution in [0.1, 0.15) is 0 Å². The van der Waals surface area contributed by atoms with E-state index in [4.69, 9.17) is 0 Å². The second-order valence-electron chi connectivity index (χ2n) is 1.58. The van der Waals surface area contributed by atoms with Crippen LogP contribution in [0.4, 0.5) is 0 Å². The summed E-state index contributed by atoms with van der Waals surface area (Å²) < 4.78 is 0. The van der Waals surface area contributed by atoms with Gasteiger partial charge in [-0.05, 0) is 0 Å². The molecule has 5 nitrogen and oxygen atoms in total. The van der Waals surface area contributed by atoms with Crippen LogP contribution in [-0.2, 0) is 14.4 Å². The Kier molecular flexibility index (Phi) is 1.64. The molecule has 2 N–H and O–H groups in total. The predicted molar refractivity (Wildman–Crippen MR) is 26.7 cm³/mol. The van der Waals surface area contributed by atoms with Crippen molar-refractivity contribution in [1.29, 1.82) is 0 Å². The molecule has 2 amide bonds. The SMILES string of the molecule is O=[C]NC1CONC1=O. The summed E-state index contributed by atoms with van der Waals surface area (Å²) in [5.74, 6) is -0.335. The largest absolute Gasteiger partial charge is 0.334 e. The predicted octanol–water partition coefficient (Wildman–Crippen LogP) is -1.93. The Labute approximate surface area is 51.3 Å². The number of rotatable bonds is 2. The van der Waals surface area contributed by atoms with E-state index in [-0.39, 0.29) is 12.5 Å². The zero-order valence-electron chi connectivity index (χ0n) is 4.51. The highest BCUT2D eigenvalue weighted by molar-refractivity contribution is 5.84. The fourth-order valence-corrected chi connectivity index (χ4v) is 0.521. The number of amides is 2. The zero-order valence-corrected chi connectivity index (χ0v) is 4.51. The van der Waals surface area contributed by atoms with E-state index in [0.29, 0.717) is 0 Å². The van der Waals surface area contributed by atoms with Gasteiger partial charge in [-0.3, -0.25) is 14.4 Å². The van der Waals surface area contributed by atoms with Crippen LogP contribution in [0.3, 0.4) is 0 Å². The molecule has 0 aromatic carbocycles. The summed E-state index contributed by atoms with van der Waals surface area (Å²) in [5.41, 5.74) is 2.07. The molecule has 1 fully saturated rings. The number of hydrogen-bond donors (Lipinski definition) is 2. The highest BCUT2D eigenvalue weighted by Gasteiger charge is 2.24. The van der Waals surface area contributed by atoms with Crippen LogP contribution in [0.15, 0.2) is 0 Å². The first-order chi connectivity index (χ1) is 4.34. The third-order valence-electron chi connectivity index (χ3n) is 0.972. The molecule has 0 saturated carbocycles. The normalized spacial score (nSPS) is 25.3. The van der Waals surface area contributed by atoms with Crippen molar-refractivity contribution < 1.29 is 14.4 Å². The minimum Gasteiger partial charge on any atom is -0.334 e. The summed E-state index contributed by atoms with van der Waals surface area (Å²) in [7, 11) is 0. The van der Waals surface area contributed by atoms with Crippen molar-refractivity contribution in [2.45, 2.75) is 6.04 Å². The zero-order chi connectivity index (χ0) is 6.69. The molecule has 0 bridgehead atoms. The fourth-order valence-electron chi connectivity index (χ4n) is 0.521. The molecule has 1 rings (SSSR count). The minimum absolute atomic E-state index is 0.175. The second kappa shape index (κ2) is 2.45. The van der Waals surface area contributed by atoms with Gasteiger partial charge in [0.1, 0.15) is 12.6 Å². The molecular weight excluding hydrogens is 124 g/mol. The van der Waals surface area contributed by atoms with Crippen molar-refractivity contribution in [3.05, 3.63) is 0 Å². The van der Waals surface area contributed by atoms with Crippen molar-refractivity contribution in [2.75, 3.05) is 6.61 Å². The second-order valence-corrected chi connectivity index (χ2v) is 1.58. The first-order valence-corrected chi connectivity index (χ1v) is 2.39. The van der Waals surface area contributed by atoms with E-state index in [1.54, 1.807) is 0 Å². The Morgan fingerprint density at radius 1 is 1.89 bits per heavy atom. The van der Waals surface area contributed by atoms with Crippen LogP contribution in [0.25, 0.3) is 0 Å². The first-order valence-electron chi connectivity index (χ1n) is 2.39. The van der Waals surface area contributed by atoms with Crippen molar-refractivity contribution in [2.24, 2.45) is 0 Å². The van der Waals surface area contributed by atoms with Gasteiger partial charge in [0.25, 0.3) is 5.91 Å². The molecule has 49 valence electrons. The number of hydroxylamine groups is 1. The van der Waals surface area contributed by atoms with E-state index in [1.165, 1.54) is 6.41 Å². The molecule has 0 aliphatic carbocycles. The van der Waals surface area contributed by atoms with Crippen molar-refractivity contribution in [3.63, 3.8) is 0 Å². The molecule has 5 heteroatoms. The van der Waals surface area contributed by atoms with Gasteiger partial charge in [-0.15, -0.1) is 0 Å². The Morgan fingerprint density at radius 2 is 2.67 bits per heavy atom. The smallest absolute Gasteiger partial charge is 0.310 e. The molecule has 1 aliphatic rings. The summed E-state index contributed by atoms with van der Waals surface area (Å²) in [4.78, 5) is 24.6. The van der Waals surface area contributed by atoms with Gasteiger partial charge in [-0.1, -0.05) is 0 Å². The van der Waals surface area contributed by atoms with Gasteiger partial charge in [-0.2, -0.15) is 0 Å². The molecule has 0 aromatic rings. The average Bonchev–Trinajstić information content (AvgIpc) is 2.18. The lowest BCUT2D eigenvalue weighted by atomic mass is 10.3. The number of nitrogens with one attached hydrogen (secondary N) is 2. The van der Waals surface area contributed by atoms with Gasteiger partial charge in [-0.25, -0.2) is 5.48 Å². The van der Waals surface area contributed by atoms with Crippen LogP contribution in [0, 0.1) is 0 Å². The first kappa shape index (κ1) is 6.03. The monoisotopic (exact) mass is 129 g/mol. The lowest BCUT2D eigenvalue weighted by Crippen LogP contribution is -2.36. The van der Waals surface area contributed by atoms with E-state index in [0.717, 1.165) is 0 Å². The molecule has 0 spiro atoms. The third-order valence-corrected chi connectivity index (χ3v) is 0.972. The van der Waals surface area contributed by atoms with Crippen LogP contribution in [-0.4, -0.2) is 25.0 Å². The Hall–Kier alpha value is -1.10. The Bertz CT molecular complexity index is 136.